The second-order valence-electron chi connectivity index (χ2n) is 2.48. The third-order valence-corrected chi connectivity index (χ3v) is 2.78. The fraction of sp³-hybridized carbons (Fsp3) is 0.222. The summed E-state index contributed by atoms with van der Waals surface area (Å²) in [4.78, 5) is 0. The van der Waals surface area contributed by atoms with Crippen molar-refractivity contribution >= 4 is 45.5 Å². The third kappa shape index (κ3) is 1.61. The Morgan fingerprint density at radius 3 is 2.83 bits per heavy atom. The summed E-state index contributed by atoms with van der Waals surface area (Å²) in [5.41, 5.74) is 3.52. The second kappa shape index (κ2) is 4.18. The van der Waals surface area contributed by atoms with Crippen LogP contribution in [0.2, 0.25) is 0 Å². The number of rotatable bonds is 1. The van der Waals surface area contributed by atoms with Crippen LogP contribution < -0.4 is 4.57 Å². The molecular weight excluding hydrogens is 281 g/mol. The lowest BCUT2D eigenvalue weighted by Gasteiger charge is -1.85. The Balaban J connectivity index is 0.000000720. The number of hydrogen-bond acceptors (Lipinski definition) is 1. The minimum Gasteiger partial charge on any atom is -0.189 e. The lowest BCUT2D eigenvalue weighted by Crippen LogP contribution is -2.29. The first-order chi connectivity index (χ1) is 5.42. The van der Waals surface area contributed by atoms with Gasteiger partial charge in [0.2, 0.25) is 11.0 Å². The molecule has 0 amide bonds. The summed E-state index contributed by atoms with van der Waals surface area (Å²) in [6.07, 6.45) is 0. The van der Waals surface area contributed by atoms with Crippen LogP contribution >= 0.6 is 35.3 Å². The average Bonchev–Trinajstić information content (AvgIpc) is 2.47. The van der Waals surface area contributed by atoms with Crippen molar-refractivity contribution in [1.82, 2.24) is 0 Å². The Morgan fingerprint density at radius 1 is 1.33 bits per heavy atom. The number of hydrogen-bond donors (Lipinski definition) is 0. The molecule has 2 rings (SSSR count). The molecule has 64 valence electrons. The van der Waals surface area contributed by atoms with Gasteiger partial charge in [-0.3, -0.25) is 0 Å². The van der Waals surface area contributed by atoms with Crippen molar-refractivity contribution in [2.24, 2.45) is 0 Å². The predicted octanol–water partition coefficient (Wildman–Crippen LogP) is 2.83. The molecule has 0 N–H and O–H groups in total. The number of aryl methyl sites for hydroxylation is 1. The molecule has 0 spiro atoms. The van der Waals surface area contributed by atoms with Crippen molar-refractivity contribution in [3.8, 4) is 0 Å². The summed E-state index contributed by atoms with van der Waals surface area (Å²) in [5, 5.41) is 0. The number of halogens is 1. The van der Waals surface area contributed by atoms with E-state index in [0.29, 0.717) is 0 Å². The molecule has 0 bridgehead atoms. The molecule has 2 aromatic rings. The maximum absolute atomic E-state index is 2.26. The summed E-state index contributed by atoms with van der Waals surface area (Å²) in [7, 11) is 0. The van der Waals surface area contributed by atoms with Crippen molar-refractivity contribution in [2.45, 2.75) is 13.5 Å². The third-order valence-electron chi connectivity index (χ3n) is 1.82. The molecule has 0 unspecified atom stereocenters. The first-order valence-electron chi connectivity index (χ1n) is 3.77. The summed E-state index contributed by atoms with van der Waals surface area (Å²) < 4.78 is 3.63. The molecule has 0 atom stereocenters. The average molecular weight is 292 g/mol. The van der Waals surface area contributed by atoms with Gasteiger partial charge in [0.1, 0.15) is 11.2 Å². The Morgan fingerprint density at radius 2 is 2.08 bits per heavy atom. The summed E-state index contributed by atoms with van der Waals surface area (Å²) in [5.74, 6) is 0. The normalized spacial score (nSPS) is 9.75. The summed E-state index contributed by atoms with van der Waals surface area (Å²) in [6.45, 7) is 3.23. The van der Waals surface area contributed by atoms with Crippen molar-refractivity contribution in [1.29, 1.82) is 0 Å². The van der Waals surface area contributed by atoms with Gasteiger partial charge in [0.25, 0.3) is 0 Å². The first kappa shape index (κ1) is 9.92. The largest absolute Gasteiger partial charge is 0.225 e. The van der Waals surface area contributed by atoms with Gasteiger partial charge in [-0.05, 0) is 13.0 Å². The van der Waals surface area contributed by atoms with Crippen LogP contribution in [0.5, 0.6) is 0 Å². The Hall–Kier alpha value is -0.160. The van der Waals surface area contributed by atoms with Gasteiger partial charge in [0.15, 0.2) is 0 Å². The highest BCUT2D eigenvalue weighted by Crippen LogP contribution is 2.14. The highest BCUT2D eigenvalue weighted by Gasteiger charge is 2.06. The van der Waals surface area contributed by atoms with Gasteiger partial charge in [-0.25, -0.2) is 0 Å². The highest BCUT2D eigenvalue weighted by molar-refractivity contribution is 14.0. The predicted molar refractivity (Wildman–Crippen MR) is 63.1 cm³/mol. The van der Waals surface area contributed by atoms with Crippen LogP contribution in [0.1, 0.15) is 6.92 Å². The van der Waals surface area contributed by atoms with E-state index in [1.54, 1.807) is 11.3 Å². The van der Waals surface area contributed by atoms with Gasteiger partial charge in [0, 0.05) is 6.07 Å². The standard InChI is InChI=1S/C9H10NS.HI/c1-2-10-7-11-9-6-4-3-5-8(9)10;/h3-7H,2H2,1H3;1H/q+1;. The quantitative estimate of drug-likeness (QED) is 0.562. The zero-order valence-corrected chi connectivity index (χ0v) is 10.0. The molecule has 1 aromatic heterocycles. The van der Waals surface area contributed by atoms with Gasteiger partial charge in [-0.15, -0.1) is 24.0 Å². The van der Waals surface area contributed by atoms with Crippen LogP contribution in [0.4, 0.5) is 0 Å². The topological polar surface area (TPSA) is 3.88 Å². The van der Waals surface area contributed by atoms with Gasteiger partial charge in [-0.2, -0.15) is 4.57 Å². The van der Waals surface area contributed by atoms with Crippen LogP contribution in [0, 0.1) is 0 Å². The van der Waals surface area contributed by atoms with E-state index >= 15 is 0 Å². The van der Waals surface area contributed by atoms with Crippen LogP contribution in [0.25, 0.3) is 10.2 Å². The van der Waals surface area contributed by atoms with Crippen LogP contribution in [0.3, 0.4) is 0 Å². The molecule has 0 fully saturated rings. The summed E-state index contributed by atoms with van der Waals surface area (Å²) in [6, 6.07) is 8.49. The van der Waals surface area contributed by atoms with Gasteiger partial charge in [-0.1, -0.05) is 23.5 Å². The monoisotopic (exact) mass is 292 g/mol. The fourth-order valence-corrected chi connectivity index (χ4v) is 2.18. The Labute approximate surface area is 93.1 Å². The molecule has 0 saturated carbocycles. The molecule has 1 aromatic carbocycles. The van der Waals surface area contributed by atoms with Crippen LogP contribution in [0.15, 0.2) is 29.8 Å². The molecule has 0 radical (unpaired) electrons. The summed E-state index contributed by atoms with van der Waals surface area (Å²) >= 11 is 1.80. The van der Waals surface area contributed by atoms with Gasteiger partial charge < -0.3 is 0 Å². The zero-order valence-electron chi connectivity index (χ0n) is 6.86. The van der Waals surface area contributed by atoms with Gasteiger partial charge in [0.05, 0.1) is 0 Å². The lowest BCUT2D eigenvalue weighted by molar-refractivity contribution is -0.663. The minimum atomic E-state index is 0. The SMILES string of the molecule is CC[n+]1csc2ccccc21.I. The molecular formula is C9H11INS+. The molecule has 1 heterocycles. The second-order valence-corrected chi connectivity index (χ2v) is 3.36. The lowest BCUT2D eigenvalue weighted by atomic mass is 10.3. The molecule has 12 heavy (non-hydrogen) atoms. The van der Waals surface area contributed by atoms with E-state index in [0.717, 1.165) is 6.54 Å². The molecule has 0 saturated heterocycles. The zero-order chi connectivity index (χ0) is 7.68. The molecule has 0 aliphatic rings. The molecule has 1 nitrogen and oxygen atoms in total. The van der Waals surface area contributed by atoms with E-state index in [4.69, 9.17) is 0 Å². The fourth-order valence-electron chi connectivity index (χ4n) is 1.22. The van der Waals surface area contributed by atoms with E-state index in [-0.39, 0.29) is 24.0 Å². The van der Waals surface area contributed by atoms with E-state index in [2.05, 4.69) is 41.3 Å². The number of fused-ring (bicyclic) bond motifs is 1. The van der Waals surface area contributed by atoms with Crippen LogP contribution in [-0.4, -0.2) is 0 Å². The van der Waals surface area contributed by atoms with Crippen molar-refractivity contribution < 1.29 is 4.57 Å². The van der Waals surface area contributed by atoms with Crippen LogP contribution in [-0.2, 0) is 6.54 Å². The maximum Gasteiger partial charge on any atom is 0.225 e. The number of benzene rings is 1. The van der Waals surface area contributed by atoms with E-state index < -0.39 is 0 Å². The van der Waals surface area contributed by atoms with Crippen molar-refractivity contribution in [2.75, 3.05) is 0 Å². The van der Waals surface area contributed by atoms with E-state index in [9.17, 15) is 0 Å². The number of nitrogens with zero attached hydrogens (tertiary/aromatic N) is 1. The number of aromatic nitrogens is 1. The maximum atomic E-state index is 2.26. The smallest absolute Gasteiger partial charge is 0.189 e. The van der Waals surface area contributed by atoms with Gasteiger partial charge >= 0.3 is 0 Å². The number of para-hydroxylation sites is 1. The molecule has 0 aliphatic heterocycles. The van der Waals surface area contributed by atoms with Crippen molar-refractivity contribution in [3.05, 3.63) is 29.8 Å². The Kier molecular flexibility index (Phi) is 3.46. The van der Waals surface area contributed by atoms with E-state index in [1.165, 1.54) is 10.2 Å². The minimum absolute atomic E-state index is 0. The first-order valence-corrected chi connectivity index (χ1v) is 4.65. The number of thiazole rings is 1. The molecule has 0 aliphatic carbocycles. The molecule has 3 heteroatoms. The van der Waals surface area contributed by atoms with Crippen molar-refractivity contribution in [3.63, 3.8) is 0 Å². The Bertz CT molecular complexity index is 369. The highest BCUT2D eigenvalue weighted by atomic mass is 127. The van der Waals surface area contributed by atoms with E-state index in [1.807, 2.05) is 0 Å².